The van der Waals surface area contributed by atoms with Gasteiger partial charge in [-0.3, -0.25) is 0 Å². The first-order valence-electron chi connectivity index (χ1n) is 5.25. The van der Waals surface area contributed by atoms with E-state index in [4.69, 9.17) is 5.11 Å². The average Bonchev–Trinajstić information content (AvgIpc) is 2.67. The third-order valence-corrected chi connectivity index (χ3v) is 2.93. The van der Waals surface area contributed by atoms with Crippen molar-refractivity contribution in [1.29, 1.82) is 0 Å². The second-order valence-electron chi connectivity index (χ2n) is 4.08. The van der Waals surface area contributed by atoms with E-state index in [-0.39, 0.29) is 5.56 Å². The van der Waals surface area contributed by atoms with E-state index in [0.717, 1.165) is 5.69 Å². The number of nitrogens with zero attached hydrogens (tertiary/aromatic N) is 3. The Balaban J connectivity index is 2.00. The van der Waals surface area contributed by atoms with Crippen LogP contribution in [0.1, 0.15) is 10.4 Å². The minimum absolute atomic E-state index is 0.170. The first-order chi connectivity index (χ1) is 8.15. The van der Waals surface area contributed by atoms with Crippen LogP contribution in [0.15, 0.2) is 24.5 Å². The van der Waals surface area contributed by atoms with Crippen LogP contribution in [0.2, 0.25) is 0 Å². The lowest BCUT2D eigenvalue weighted by molar-refractivity contribution is 0.0699. The maximum absolute atomic E-state index is 12.7. The molecule has 3 heterocycles. The van der Waals surface area contributed by atoms with Crippen molar-refractivity contribution in [3.63, 3.8) is 0 Å². The number of alkyl halides is 1. The topological polar surface area (TPSA) is 57.8 Å². The number of anilines is 1. The van der Waals surface area contributed by atoms with Gasteiger partial charge in [0.25, 0.3) is 0 Å². The molecular weight excluding hydrogens is 225 g/mol. The quantitative estimate of drug-likeness (QED) is 0.849. The summed E-state index contributed by atoms with van der Waals surface area (Å²) in [5, 5.41) is 12.9. The van der Waals surface area contributed by atoms with Gasteiger partial charge in [0.05, 0.1) is 36.7 Å². The van der Waals surface area contributed by atoms with E-state index in [0.29, 0.717) is 18.6 Å². The molecule has 0 spiro atoms. The van der Waals surface area contributed by atoms with E-state index in [1.807, 2.05) is 4.90 Å². The Labute approximate surface area is 96.1 Å². The van der Waals surface area contributed by atoms with Gasteiger partial charge in [-0.1, -0.05) is 0 Å². The Bertz CT molecular complexity index is 589. The number of carboxylic acids is 1. The molecule has 1 saturated heterocycles. The number of pyridine rings is 1. The zero-order valence-electron chi connectivity index (χ0n) is 8.88. The molecule has 0 atom stereocenters. The number of hydrogen-bond acceptors (Lipinski definition) is 3. The molecule has 0 aromatic carbocycles. The number of carboxylic acid groups (broad SMARTS) is 1. The third-order valence-electron chi connectivity index (χ3n) is 2.93. The maximum atomic E-state index is 12.7. The zero-order valence-corrected chi connectivity index (χ0v) is 8.88. The number of aromatic carboxylic acids is 1. The van der Waals surface area contributed by atoms with Crippen LogP contribution in [0.5, 0.6) is 0 Å². The molecule has 0 saturated carbocycles. The third kappa shape index (κ3) is 1.52. The Morgan fingerprint density at radius 1 is 1.47 bits per heavy atom. The molecule has 1 fully saturated rings. The van der Waals surface area contributed by atoms with E-state index < -0.39 is 12.1 Å². The molecule has 0 radical (unpaired) electrons. The van der Waals surface area contributed by atoms with Gasteiger partial charge in [-0.25, -0.2) is 13.7 Å². The molecular formula is C11H10FN3O2. The second kappa shape index (κ2) is 3.44. The van der Waals surface area contributed by atoms with Crippen LogP contribution in [-0.4, -0.2) is 40.0 Å². The minimum Gasteiger partial charge on any atom is -0.478 e. The fourth-order valence-electron chi connectivity index (χ4n) is 1.96. The molecule has 17 heavy (non-hydrogen) atoms. The van der Waals surface area contributed by atoms with E-state index in [2.05, 4.69) is 5.10 Å². The Hall–Kier alpha value is -2.11. The fourth-order valence-corrected chi connectivity index (χ4v) is 1.96. The molecule has 1 aliphatic heterocycles. The van der Waals surface area contributed by atoms with Crippen molar-refractivity contribution < 1.29 is 14.3 Å². The first-order valence-corrected chi connectivity index (χ1v) is 5.25. The van der Waals surface area contributed by atoms with Gasteiger partial charge < -0.3 is 10.0 Å². The molecule has 0 aliphatic carbocycles. The van der Waals surface area contributed by atoms with Crippen molar-refractivity contribution in [1.82, 2.24) is 9.61 Å². The first kappa shape index (κ1) is 10.1. The number of aromatic nitrogens is 2. The standard InChI is InChI=1S/C11H10FN3O2/c12-7-4-14(5-7)8-1-2-10-9(11(16)17)3-13-15(10)6-8/h1-3,6-7H,4-5H2,(H,16,17). The number of carbonyl (C=O) groups is 1. The monoisotopic (exact) mass is 235 g/mol. The van der Waals surface area contributed by atoms with Gasteiger partial charge in [0.15, 0.2) is 0 Å². The SMILES string of the molecule is O=C(O)c1cnn2cc(N3CC(F)C3)ccc12. The van der Waals surface area contributed by atoms with E-state index in [1.165, 1.54) is 10.7 Å². The number of halogens is 1. The Morgan fingerprint density at radius 3 is 2.88 bits per heavy atom. The molecule has 6 heteroatoms. The van der Waals surface area contributed by atoms with Gasteiger partial charge in [0, 0.05) is 0 Å². The molecule has 2 aromatic heterocycles. The predicted molar refractivity (Wildman–Crippen MR) is 59.3 cm³/mol. The molecule has 5 nitrogen and oxygen atoms in total. The number of rotatable bonds is 2. The molecule has 0 amide bonds. The molecule has 2 aromatic rings. The summed E-state index contributed by atoms with van der Waals surface area (Å²) < 4.78 is 14.2. The van der Waals surface area contributed by atoms with Crippen LogP contribution in [-0.2, 0) is 0 Å². The fraction of sp³-hybridized carbons (Fsp3) is 0.273. The van der Waals surface area contributed by atoms with Crippen molar-refractivity contribution in [3.05, 3.63) is 30.1 Å². The maximum Gasteiger partial charge on any atom is 0.339 e. The zero-order chi connectivity index (χ0) is 12.0. The van der Waals surface area contributed by atoms with Gasteiger partial charge >= 0.3 is 5.97 Å². The lowest BCUT2D eigenvalue weighted by Gasteiger charge is -2.36. The summed E-state index contributed by atoms with van der Waals surface area (Å²) in [5.41, 5.74) is 1.56. The van der Waals surface area contributed by atoms with Crippen molar-refractivity contribution in [3.8, 4) is 0 Å². The van der Waals surface area contributed by atoms with Crippen LogP contribution >= 0.6 is 0 Å². The average molecular weight is 235 g/mol. The largest absolute Gasteiger partial charge is 0.478 e. The normalized spacial score (nSPS) is 16.2. The highest BCUT2D eigenvalue weighted by molar-refractivity contribution is 5.95. The number of fused-ring (bicyclic) bond motifs is 1. The highest BCUT2D eigenvalue weighted by Crippen LogP contribution is 2.23. The van der Waals surface area contributed by atoms with E-state index in [9.17, 15) is 9.18 Å². The summed E-state index contributed by atoms with van der Waals surface area (Å²) in [6.45, 7) is 0.775. The van der Waals surface area contributed by atoms with Crippen LogP contribution in [0, 0.1) is 0 Å². The summed E-state index contributed by atoms with van der Waals surface area (Å²) in [7, 11) is 0. The summed E-state index contributed by atoms with van der Waals surface area (Å²) in [6, 6.07) is 3.48. The lowest BCUT2D eigenvalue weighted by atomic mass is 10.1. The van der Waals surface area contributed by atoms with Crippen LogP contribution in [0.25, 0.3) is 5.52 Å². The van der Waals surface area contributed by atoms with Gasteiger partial charge in [-0.05, 0) is 12.1 Å². The van der Waals surface area contributed by atoms with E-state index in [1.54, 1.807) is 18.3 Å². The second-order valence-corrected chi connectivity index (χ2v) is 4.08. The highest BCUT2D eigenvalue weighted by Gasteiger charge is 2.26. The molecule has 1 aliphatic rings. The van der Waals surface area contributed by atoms with Gasteiger partial charge in [-0.2, -0.15) is 5.10 Å². The van der Waals surface area contributed by atoms with Crippen molar-refractivity contribution in [2.24, 2.45) is 0 Å². The van der Waals surface area contributed by atoms with Crippen molar-refractivity contribution >= 4 is 17.2 Å². The lowest BCUT2D eigenvalue weighted by Crippen LogP contribution is -2.48. The van der Waals surface area contributed by atoms with Gasteiger partial charge in [-0.15, -0.1) is 0 Å². The molecule has 3 rings (SSSR count). The van der Waals surface area contributed by atoms with Crippen LogP contribution in [0.4, 0.5) is 10.1 Å². The predicted octanol–water partition coefficient (Wildman–Crippen LogP) is 1.19. The van der Waals surface area contributed by atoms with Crippen LogP contribution < -0.4 is 4.90 Å². The molecule has 1 N–H and O–H groups in total. The minimum atomic E-state index is -1.000. The van der Waals surface area contributed by atoms with Crippen LogP contribution in [0.3, 0.4) is 0 Å². The Morgan fingerprint density at radius 2 is 2.24 bits per heavy atom. The van der Waals surface area contributed by atoms with Gasteiger partial charge in [0.2, 0.25) is 0 Å². The molecule has 0 bridgehead atoms. The summed E-state index contributed by atoms with van der Waals surface area (Å²) in [6.07, 6.45) is 2.27. The smallest absolute Gasteiger partial charge is 0.339 e. The summed E-state index contributed by atoms with van der Waals surface area (Å²) >= 11 is 0. The van der Waals surface area contributed by atoms with E-state index >= 15 is 0 Å². The molecule has 88 valence electrons. The molecule has 0 unspecified atom stereocenters. The van der Waals surface area contributed by atoms with Crippen molar-refractivity contribution in [2.75, 3.05) is 18.0 Å². The summed E-state index contributed by atoms with van der Waals surface area (Å²) in [5.74, 6) is -1.000. The highest BCUT2D eigenvalue weighted by atomic mass is 19.1. The van der Waals surface area contributed by atoms with Crippen molar-refractivity contribution in [2.45, 2.75) is 6.17 Å². The number of hydrogen-bond donors (Lipinski definition) is 1. The summed E-state index contributed by atoms with van der Waals surface area (Å²) in [4.78, 5) is 12.8. The Kier molecular flexibility index (Phi) is 2.04. The van der Waals surface area contributed by atoms with Gasteiger partial charge in [0.1, 0.15) is 11.7 Å².